The molecule has 5 aromatic carbocycles. The second-order valence-corrected chi connectivity index (χ2v) is 11.4. The van der Waals surface area contributed by atoms with Crippen LogP contribution >= 0.6 is 7.26 Å². The Balaban J connectivity index is 0.000000375. The topological polar surface area (TPSA) is 49.4 Å². The summed E-state index contributed by atoms with van der Waals surface area (Å²) in [7, 11) is -2.28. The van der Waals surface area contributed by atoms with Crippen molar-refractivity contribution in [3.8, 4) is 11.5 Å². The quantitative estimate of drug-likeness (QED) is 0.198. The second-order valence-electron chi connectivity index (χ2n) is 8.05. The highest BCUT2D eigenvalue weighted by Gasteiger charge is 2.49. The van der Waals surface area contributed by atoms with Gasteiger partial charge in [-0.05, 0) is 48.5 Å². The number of rotatable bonds is 5. The van der Waals surface area contributed by atoms with Crippen LogP contribution in [0.1, 0.15) is 6.92 Å². The zero-order valence-electron chi connectivity index (χ0n) is 20.0. The summed E-state index contributed by atoms with van der Waals surface area (Å²) in [6.45, 7) is 1.45. The minimum absolute atomic E-state index is 0.0718. The molecule has 4 heteroatoms. The summed E-state index contributed by atoms with van der Waals surface area (Å²) in [5, 5.41) is 15.0. The van der Waals surface area contributed by atoms with E-state index in [-0.39, 0.29) is 11.7 Å². The zero-order chi connectivity index (χ0) is 25.2. The van der Waals surface area contributed by atoms with Gasteiger partial charge in [-0.15, -0.1) is 5.75 Å². The summed E-state index contributed by atoms with van der Waals surface area (Å²) in [6.07, 6.45) is 0. The summed E-state index contributed by atoms with van der Waals surface area (Å²) in [5.74, 6) is 0.372. The van der Waals surface area contributed by atoms with Crippen molar-refractivity contribution in [3.63, 3.8) is 0 Å². The van der Waals surface area contributed by atoms with E-state index in [9.17, 15) is 9.90 Å². The van der Waals surface area contributed by atoms with Crippen molar-refractivity contribution in [1.29, 1.82) is 0 Å². The maximum Gasteiger partial charge on any atom is 0.308 e. The van der Waals surface area contributed by atoms with Gasteiger partial charge in [0.15, 0.2) is 11.1 Å². The highest BCUT2D eigenvalue weighted by Crippen LogP contribution is 2.56. The van der Waals surface area contributed by atoms with Crippen molar-refractivity contribution in [3.05, 3.63) is 146 Å². The highest BCUT2D eigenvalue weighted by molar-refractivity contribution is 8.01. The van der Waals surface area contributed by atoms with E-state index in [0.29, 0.717) is 5.75 Å². The van der Waals surface area contributed by atoms with Gasteiger partial charge in [-0.25, -0.2) is 0 Å². The molecular weight excluding hydrogens is 463 g/mol. The van der Waals surface area contributed by atoms with E-state index >= 15 is 0 Å². The Morgan fingerprint density at radius 1 is 0.556 bits per heavy atom. The first kappa shape index (κ1) is 24.9. The van der Waals surface area contributed by atoms with Gasteiger partial charge in [0.05, 0.1) is 0 Å². The Morgan fingerprint density at radius 2 is 0.917 bits per heavy atom. The van der Waals surface area contributed by atoms with Crippen LogP contribution in [0, 0.1) is 0 Å². The van der Waals surface area contributed by atoms with E-state index in [1.54, 1.807) is 12.1 Å². The molecule has 0 aromatic heterocycles. The first-order valence-electron chi connectivity index (χ1n) is 11.7. The predicted octanol–water partition coefficient (Wildman–Crippen LogP) is 4.99. The Kier molecular flexibility index (Phi) is 8.28. The molecule has 0 saturated carbocycles. The SMILES string of the molecule is CC(=O)Oc1ccccc1[P+](c1ccccc1)(c1ccccc1)c1ccccc1.[O-]c1ccccc1. The van der Waals surface area contributed by atoms with Crippen LogP contribution in [-0.2, 0) is 4.79 Å². The van der Waals surface area contributed by atoms with Crippen molar-refractivity contribution in [2.75, 3.05) is 0 Å². The molecule has 36 heavy (non-hydrogen) atoms. The fourth-order valence-electron chi connectivity index (χ4n) is 4.22. The third-order valence-electron chi connectivity index (χ3n) is 5.65. The van der Waals surface area contributed by atoms with Crippen LogP contribution in [0.25, 0.3) is 0 Å². The first-order chi connectivity index (χ1) is 17.6. The molecule has 5 aromatic rings. The molecule has 0 N–H and O–H groups in total. The normalized spacial score (nSPS) is 10.6. The molecule has 0 aliphatic carbocycles. The lowest BCUT2D eigenvalue weighted by Crippen LogP contribution is -2.39. The van der Waals surface area contributed by atoms with Gasteiger partial charge in [0, 0.05) is 6.92 Å². The number of carbonyl (C=O) groups is 1. The lowest BCUT2D eigenvalue weighted by Gasteiger charge is -2.28. The van der Waals surface area contributed by atoms with Crippen LogP contribution in [0.3, 0.4) is 0 Å². The molecule has 0 aliphatic heterocycles. The van der Waals surface area contributed by atoms with Gasteiger partial charge in [-0.1, -0.05) is 97.1 Å². The van der Waals surface area contributed by atoms with Gasteiger partial charge >= 0.3 is 5.97 Å². The number of hydrogen-bond acceptors (Lipinski definition) is 3. The Bertz CT molecular complexity index is 1280. The molecule has 0 atom stereocenters. The number of esters is 1. The minimum atomic E-state index is -2.28. The zero-order valence-corrected chi connectivity index (χ0v) is 20.9. The Hall–Kier alpha value is -4.20. The van der Waals surface area contributed by atoms with Crippen LogP contribution in [0.2, 0.25) is 0 Å². The molecular formula is C32H27O3P. The van der Waals surface area contributed by atoms with Gasteiger partial charge in [-0.2, -0.15) is 0 Å². The van der Waals surface area contributed by atoms with Crippen LogP contribution in [0.4, 0.5) is 0 Å². The van der Waals surface area contributed by atoms with Crippen LogP contribution < -0.4 is 31.1 Å². The standard InChI is InChI=1S/C26H22O2P.C6H6O/c1-21(27)28-25-19-11-12-20-26(25)29(22-13-5-2-6-14-22,23-15-7-3-8-16-23)24-17-9-4-10-18-24;7-6-4-2-1-3-5-6/h2-20H,1H3;1-5,7H/q+1;/p-1. The van der Waals surface area contributed by atoms with Crippen LogP contribution in [-0.4, -0.2) is 5.97 Å². The molecule has 0 radical (unpaired) electrons. The lowest BCUT2D eigenvalue weighted by molar-refractivity contribution is -0.268. The molecule has 178 valence electrons. The fourth-order valence-corrected chi connectivity index (χ4v) is 8.56. The third-order valence-corrected chi connectivity index (χ3v) is 9.96. The molecule has 0 bridgehead atoms. The van der Waals surface area contributed by atoms with Gasteiger partial charge in [0.2, 0.25) is 0 Å². The van der Waals surface area contributed by atoms with Crippen molar-refractivity contribution < 1.29 is 14.6 Å². The van der Waals surface area contributed by atoms with E-state index in [1.807, 2.05) is 42.5 Å². The summed E-state index contributed by atoms with van der Waals surface area (Å²) in [4.78, 5) is 11.9. The van der Waals surface area contributed by atoms with E-state index in [1.165, 1.54) is 35.0 Å². The molecule has 0 unspecified atom stereocenters. The monoisotopic (exact) mass is 490 g/mol. The molecule has 5 rings (SSSR count). The number of benzene rings is 5. The van der Waals surface area contributed by atoms with Crippen molar-refractivity contribution in [1.82, 2.24) is 0 Å². The second kappa shape index (κ2) is 12.0. The maximum atomic E-state index is 11.9. The van der Waals surface area contributed by atoms with E-state index in [0.717, 1.165) is 5.30 Å². The molecule has 0 heterocycles. The summed E-state index contributed by atoms with van der Waals surface area (Å²) < 4.78 is 5.70. The molecule has 0 spiro atoms. The van der Waals surface area contributed by atoms with Gasteiger partial charge < -0.3 is 9.84 Å². The van der Waals surface area contributed by atoms with Crippen molar-refractivity contribution in [2.24, 2.45) is 0 Å². The smallest absolute Gasteiger partial charge is 0.308 e. The molecule has 0 saturated heterocycles. The van der Waals surface area contributed by atoms with Gasteiger partial charge in [0.25, 0.3) is 0 Å². The first-order valence-corrected chi connectivity index (χ1v) is 13.5. The van der Waals surface area contributed by atoms with E-state index in [4.69, 9.17) is 4.74 Å². The van der Waals surface area contributed by atoms with E-state index in [2.05, 4.69) is 78.9 Å². The number of ether oxygens (including phenoxy) is 1. The van der Waals surface area contributed by atoms with E-state index < -0.39 is 7.26 Å². The number of para-hydroxylation sites is 2. The Labute approximate surface area is 213 Å². The molecule has 0 fully saturated rings. The third kappa shape index (κ3) is 5.54. The number of hydrogen-bond donors (Lipinski definition) is 0. The van der Waals surface area contributed by atoms with Crippen molar-refractivity contribution >= 4 is 34.4 Å². The highest BCUT2D eigenvalue weighted by atomic mass is 31.2. The average molecular weight is 491 g/mol. The largest absolute Gasteiger partial charge is 0.872 e. The fraction of sp³-hybridized carbons (Fsp3) is 0.0312. The summed E-state index contributed by atoms with van der Waals surface area (Å²) >= 11 is 0. The molecule has 0 amide bonds. The average Bonchev–Trinajstić information content (AvgIpc) is 2.92. The molecule has 0 aliphatic rings. The van der Waals surface area contributed by atoms with Crippen LogP contribution in [0.5, 0.6) is 11.5 Å². The van der Waals surface area contributed by atoms with Gasteiger partial charge in [-0.3, -0.25) is 4.79 Å². The van der Waals surface area contributed by atoms with Crippen molar-refractivity contribution in [2.45, 2.75) is 6.92 Å². The predicted molar refractivity (Wildman–Crippen MR) is 148 cm³/mol. The summed E-state index contributed by atoms with van der Waals surface area (Å²) in [5.41, 5.74) is 0. The van der Waals surface area contributed by atoms with Crippen LogP contribution in [0.15, 0.2) is 146 Å². The lowest BCUT2D eigenvalue weighted by atomic mass is 10.3. The Morgan fingerprint density at radius 3 is 1.28 bits per heavy atom. The molecule has 3 nitrogen and oxygen atoms in total. The maximum absolute atomic E-state index is 11.9. The van der Waals surface area contributed by atoms with Gasteiger partial charge in [0.1, 0.15) is 23.2 Å². The number of carbonyl (C=O) groups excluding carboxylic acids is 1. The minimum Gasteiger partial charge on any atom is -0.872 e. The summed E-state index contributed by atoms with van der Waals surface area (Å²) in [6, 6.07) is 47.9.